The fraction of sp³-hybridized carbons (Fsp3) is 0.0625. The maximum absolute atomic E-state index is 6.16. The van der Waals surface area contributed by atoms with Gasteiger partial charge >= 0.3 is 0 Å². The third-order valence-electron chi connectivity index (χ3n) is 3.03. The lowest BCUT2D eigenvalue weighted by Crippen LogP contribution is -1.95. The van der Waals surface area contributed by atoms with Gasteiger partial charge in [0.2, 0.25) is 5.88 Å². The van der Waals surface area contributed by atoms with Crippen LogP contribution in [0.15, 0.2) is 48.5 Å². The van der Waals surface area contributed by atoms with Crippen molar-refractivity contribution in [1.29, 1.82) is 0 Å². The Kier molecular flexibility index (Phi) is 4.34. The molecule has 2 aromatic carbocycles. The van der Waals surface area contributed by atoms with Crippen LogP contribution in [0.2, 0.25) is 10.0 Å². The zero-order valence-corrected chi connectivity index (χ0v) is 13.9. The fourth-order valence-electron chi connectivity index (χ4n) is 1.99. The van der Waals surface area contributed by atoms with Crippen molar-refractivity contribution in [3.63, 3.8) is 0 Å². The number of nitrogens with zero attached hydrogens (tertiary/aromatic N) is 1. The number of rotatable bonds is 3. The van der Waals surface area contributed by atoms with Gasteiger partial charge in [0, 0.05) is 16.3 Å². The maximum atomic E-state index is 6.16. The van der Waals surface area contributed by atoms with Crippen molar-refractivity contribution in [2.75, 3.05) is 0 Å². The van der Waals surface area contributed by atoms with Crippen molar-refractivity contribution in [3.8, 4) is 11.6 Å². The van der Waals surface area contributed by atoms with Crippen LogP contribution in [0.4, 0.5) is 0 Å². The van der Waals surface area contributed by atoms with Crippen LogP contribution < -0.4 is 4.74 Å². The molecular weight excluding hydrogens is 373 g/mol. The molecule has 0 bridgehead atoms. The van der Waals surface area contributed by atoms with Crippen LogP contribution in [-0.4, -0.2) is 4.98 Å². The summed E-state index contributed by atoms with van der Waals surface area (Å²) in [6.07, 6.45) is 0. The summed E-state index contributed by atoms with van der Waals surface area (Å²) in [5.41, 5.74) is 1.82. The van der Waals surface area contributed by atoms with Crippen molar-refractivity contribution < 1.29 is 4.74 Å². The Labute approximate surface area is 140 Å². The molecular formula is C16H10BrCl2NO. The van der Waals surface area contributed by atoms with Crippen LogP contribution in [0.25, 0.3) is 10.9 Å². The van der Waals surface area contributed by atoms with Crippen molar-refractivity contribution >= 4 is 50.0 Å². The molecule has 0 saturated carbocycles. The summed E-state index contributed by atoms with van der Waals surface area (Å²) in [6, 6.07) is 15.2. The molecule has 3 rings (SSSR count). The number of para-hydroxylation sites is 1. The second kappa shape index (κ2) is 6.22. The Bertz CT molecular complexity index is 807. The van der Waals surface area contributed by atoms with E-state index in [4.69, 9.17) is 27.9 Å². The summed E-state index contributed by atoms with van der Waals surface area (Å²) >= 11 is 15.6. The van der Waals surface area contributed by atoms with Gasteiger partial charge in [-0.2, -0.15) is 0 Å². The molecule has 1 aromatic heterocycles. The number of fused-ring (bicyclic) bond motifs is 1. The first kappa shape index (κ1) is 14.6. The summed E-state index contributed by atoms with van der Waals surface area (Å²) in [5.74, 6) is 1.02. The topological polar surface area (TPSA) is 22.1 Å². The fourth-order valence-corrected chi connectivity index (χ4v) is 2.73. The van der Waals surface area contributed by atoms with E-state index < -0.39 is 0 Å². The van der Waals surface area contributed by atoms with Crippen LogP contribution in [0.1, 0.15) is 5.56 Å². The molecule has 0 amide bonds. The molecule has 0 aliphatic rings. The van der Waals surface area contributed by atoms with Gasteiger partial charge in [-0.3, -0.25) is 0 Å². The normalized spacial score (nSPS) is 10.8. The lowest BCUT2D eigenvalue weighted by atomic mass is 10.2. The van der Waals surface area contributed by atoms with E-state index in [9.17, 15) is 0 Å². The van der Waals surface area contributed by atoms with Crippen molar-refractivity contribution in [1.82, 2.24) is 4.98 Å². The summed E-state index contributed by atoms with van der Waals surface area (Å²) < 4.78 is 5.86. The van der Waals surface area contributed by atoms with Gasteiger partial charge in [0.25, 0.3) is 0 Å². The minimum Gasteiger partial charge on any atom is -0.437 e. The first-order valence-corrected chi connectivity index (χ1v) is 8.13. The van der Waals surface area contributed by atoms with Gasteiger partial charge in [0.05, 0.1) is 10.5 Å². The predicted molar refractivity (Wildman–Crippen MR) is 90.9 cm³/mol. The molecule has 5 heteroatoms. The zero-order chi connectivity index (χ0) is 14.8. The minimum absolute atomic E-state index is 0.384. The third kappa shape index (κ3) is 3.00. The largest absolute Gasteiger partial charge is 0.437 e. The highest BCUT2D eigenvalue weighted by Gasteiger charge is 2.12. The Morgan fingerprint density at radius 2 is 1.86 bits per heavy atom. The third-order valence-corrected chi connectivity index (χ3v) is 4.44. The summed E-state index contributed by atoms with van der Waals surface area (Å²) in [4.78, 5) is 4.56. The van der Waals surface area contributed by atoms with E-state index in [1.54, 1.807) is 18.2 Å². The molecule has 0 aliphatic heterocycles. The average molecular weight is 383 g/mol. The van der Waals surface area contributed by atoms with Crippen LogP contribution >= 0.6 is 39.1 Å². The van der Waals surface area contributed by atoms with Gasteiger partial charge in [-0.1, -0.05) is 63.4 Å². The van der Waals surface area contributed by atoms with Gasteiger partial charge in [-0.15, -0.1) is 0 Å². The Balaban J connectivity index is 2.09. The first-order chi connectivity index (χ1) is 10.2. The molecule has 0 aliphatic carbocycles. The quantitative estimate of drug-likeness (QED) is 0.501. The Morgan fingerprint density at radius 1 is 1.05 bits per heavy atom. The summed E-state index contributed by atoms with van der Waals surface area (Å²) in [5, 5.41) is 2.54. The number of halogens is 3. The molecule has 0 radical (unpaired) electrons. The second-order valence-corrected chi connectivity index (χ2v) is 5.78. The zero-order valence-electron chi connectivity index (χ0n) is 10.8. The van der Waals surface area contributed by atoms with E-state index in [2.05, 4.69) is 20.9 Å². The first-order valence-electron chi connectivity index (χ1n) is 6.25. The highest BCUT2D eigenvalue weighted by molar-refractivity contribution is 9.08. The molecule has 1 heterocycles. The highest BCUT2D eigenvalue weighted by atomic mass is 79.9. The SMILES string of the molecule is Clc1cccc(Oc2nc3ccccc3cc2CBr)c1Cl. The predicted octanol–water partition coefficient (Wildman–Crippen LogP) is 6.23. The lowest BCUT2D eigenvalue weighted by molar-refractivity contribution is 0.461. The summed E-state index contributed by atoms with van der Waals surface area (Å²) in [6.45, 7) is 0. The van der Waals surface area contributed by atoms with Crippen molar-refractivity contribution in [2.45, 2.75) is 5.33 Å². The van der Waals surface area contributed by atoms with E-state index in [0.29, 0.717) is 27.0 Å². The average Bonchev–Trinajstić information content (AvgIpc) is 2.51. The van der Waals surface area contributed by atoms with Crippen molar-refractivity contribution in [3.05, 3.63) is 64.1 Å². The van der Waals surface area contributed by atoms with E-state index in [0.717, 1.165) is 16.5 Å². The Hall–Kier alpha value is -1.29. The Morgan fingerprint density at radius 3 is 2.67 bits per heavy atom. The number of hydrogen-bond donors (Lipinski definition) is 0. The van der Waals surface area contributed by atoms with E-state index in [-0.39, 0.29) is 0 Å². The molecule has 106 valence electrons. The number of ether oxygens (including phenoxy) is 1. The van der Waals surface area contributed by atoms with Gasteiger partial charge in [-0.25, -0.2) is 4.98 Å². The molecule has 2 nitrogen and oxygen atoms in total. The maximum Gasteiger partial charge on any atom is 0.223 e. The van der Waals surface area contributed by atoms with E-state index in [1.165, 1.54) is 0 Å². The summed E-state index contributed by atoms with van der Waals surface area (Å²) in [7, 11) is 0. The van der Waals surface area contributed by atoms with Crippen LogP contribution in [0, 0.1) is 0 Å². The van der Waals surface area contributed by atoms with E-state index in [1.807, 2.05) is 30.3 Å². The molecule has 0 fully saturated rings. The molecule has 0 unspecified atom stereocenters. The van der Waals surface area contributed by atoms with Crippen molar-refractivity contribution in [2.24, 2.45) is 0 Å². The van der Waals surface area contributed by atoms with Crippen LogP contribution in [0.3, 0.4) is 0 Å². The molecule has 21 heavy (non-hydrogen) atoms. The van der Waals surface area contributed by atoms with E-state index >= 15 is 0 Å². The number of pyridine rings is 1. The monoisotopic (exact) mass is 381 g/mol. The molecule has 0 spiro atoms. The number of aromatic nitrogens is 1. The lowest BCUT2D eigenvalue weighted by Gasteiger charge is -2.11. The minimum atomic E-state index is 0.384. The van der Waals surface area contributed by atoms with Crippen LogP contribution in [0.5, 0.6) is 11.6 Å². The smallest absolute Gasteiger partial charge is 0.223 e. The van der Waals surface area contributed by atoms with Gasteiger partial charge in [-0.05, 0) is 24.3 Å². The molecule has 0 saturated heterocycles. The molecule has 0 N–H and O–H groups in total. The van der Waals surface area contributed by atoms with Crippen LogP contribution in [-0.2, 0) is 5.33 Å². The molecule has 0 atom stereocenters. The highest BCUT2D eigenvalue weighted by Crippen LogP contribution is 2.36. The second-order valence-electron chi connectivity index (χ2n) is 4.43. The standard InChI is InChI=1S/C16H10BrCl2NO/c17-9-11-8-10-4-1-2-6-13(10)20-16(11)21-14-7-3-5-12(18)15(14)19/h1-8H,9H2. The van der Waals surface area contributed by atoms with Gasteiger partial charge in [0.15, 0.2) is 0 Å². The molecule has 3 aromatic rings. The number of alkyl halides is 1. The van der Waals surface area contributed by atoms with Gasteiger partial charge < -0.3 is 4.74 Å². The van der Waals surface area contributed by atoms with Gasteiger partial charge in [0.1, 0.15) is 10.8 Å². The number of hydrogen-bond acceptors (Lipinski definition) is 2. The number of benzene rings is 2.